The number of nitrogens with one attached hydrogen (secondary N) is 1. The summed E-state index contributed by atoms with van der Waals surface area (Å²) in [5, 5.41) is 7.33. The molecule has 1 amide bonds. The summed E-state index contributed by atoms with van der Waals surface area (Å²) in [6.45, 7) is 3.40. The van der Waals surface area contributed by atoms with E-state index in [1.165, 1.54) is 18.5 Å². The summed E-state index contributed by atoms with van der Waals surface area (Å²) in [5.41, 5.74) is 4.27. The van der Waals surface area contributed by atoms with Crippen molar-refractivity contribution in [1.29, 1.82) is 0 Å². The van der Waals surface area contributed by atoms with Crippen molar-refractivity contribution in [3.63, 3.8) is 0 Å². The summed E-state index contributed by atoms with van der Waals surface area (Å²) < 4.78 is 13.3. The maximum absolute atomic E-state index is 13.3. The normalized spacial score (nSPS) is 16.8. The van der Waals surface area contributed by atoms with E-state index >= 15 is 0 Å². The summed E-state index contributed by atoms with van der Waals surface area (Å²) in [5.74, 6) is -0.127. The first-order chi connectivity index (χ1) is 14.2. The second-order valence-corrected chi connectivity index (χ2v) is 7.43. The lowest BCUT2D eigenvalue weighted by molar-refractivity contribution is 0.0703. The number of hydrogen-bond donors (Lipinski definition) is 1. The van der Waals surface area contributed by atoms with Crippen molar-refractivity contribution >= 4 is 5.91 Å². The molecule has 1 N–H and O–H groups in total. The molecular weight excluding hydrogens is 369 g/mol. The van der Waals surface area contributed by atoms with Crippen LogP contribution in [0.25, 0.3) is 11.1 Å². The fraction of sp³-hybridized carbons (Fsp3) is 0.364. The minimum atomic E-state index is -0.263. The number of likely N-dealkylation sites (tertiary alicyclic amines) is 1. The van der Waals surface area contributed by atoms with Gasteiger partial charge in [-0.15, -0.1) is 0 Å². The number of aromatic nitrogens is 4. The summed E-state index contributed by atoms with van der Waals surface area (Å²) in [4.78, 5) is 23.4. The van der Waals surface area contributed by atoms with Gasteiger partial charge in [-0.25, -0.2) is 14.4 Å². The standard InChI is InChI=1S/C22H24FN5O/c1-2-4-20-19(11-24-14-25-20)22(29)28-10-3-5-16(13-28)21-18(12-26-27-21)15-6-8-17(23)9-7-15/h6-9,11-12,14,16H,2-5,10,13H2,1H3,(H,26,27)/t16-/m1/s1. The Labute approximate surface area is 169 Å². The Hall–Kier alpha value is -3.09. The van der Waals surface area contributed by atoms with Gasteiger partial charge in [0.15, 0.2) is 0 Å². The van der Waals surface area contributed by atoms with Gasteiger partial charge in [-0.2, -0.15) is 5.10 Å². The van der Waals surface area contributed by atoms with Gasteiger partial charge in [-0.05, 0) is 37.0 Å². The highest BCUT2D eigenvalue weighted by Gasteiger charge is 2.29. The van der Waals surface area contributed by atoms with E-state index in [0.29, 0.717) is 12.1 Å². The zero-order valence-electron chi connectivity index (χ0n) is 16.4. The molecule has 1 aromatic carbocycles. The Kier molecular flexibility index (Phi) is 5.64. The van der Waals surface area contributed by atoms with E-state index in [1.807, 2.05) is 4.90 Å². The monoisotopic (exact) mass is 393 g/mol. The van der Waals surface area contributed by atoms with Crippen LogP contribution in [0, 0.1) is 5.82 Å². The van der Waals surface area contributed by atoms with Gasteiger partial charge >= 0.3 is 0 Å². The Morgan fingerprint density at radius 2 is 2.10 bits per heavy atom. The fourth-order valence-electron chi connectivity index (χ4n) is 4.00. The summed E-state index contributed by atoms with van der Waals surface area (Å²) in [6.07, 6.45) is 8.46. The average Bonchev–Trinajstić information content (AvgIpc) is 3.24. The van der Waals surface area contributed by atoms with Gasteiger partial charge in [0.05, 0.1) is 17.5 Å². The fourth-order valence-corrected chi connectivity index (χ4v) is 4.00. The molecule has 0 aliphatic carbocycles. The molecule has 2 aromatic heterocycles. The first kappa shape index (κ1) is 19.2. The topological polar surface area (TPSA) is 74.8 Å². The van der Waals surface area contributed by atoms with Gasteiger partial charge < -0.3 is 4.90 Å². The van der Waals surface area contributed by atoms with Crippen molar-refractivity contribution in [2.75, 3.05) is 13.1 Å². The summed E-state index contributed by atoms with van der Waals surface area (Å²) in [7, 11) is 0. The van der Waals surface area contributed by atoms with Crippen LogP contribution in [-0.2, 0) is 6.42 Å². The molecule has 150 valence electrons. The van der Waals surface area contributed by atoms with Gasteiger partial charge in [0.2, 0.25) is 0 Å². The van der Waals surface area contributed by atoms with Crippen molar-refractivity contribution in [3.05, 3.63) is 65.8 Å². The minimum Gasteiger partial charge on any atom is -0.338 e. The highest BCUT2D eigenvalue weighted by atomic mass is 19.1. The maximum Gasteiger partial charge on any atom is 0.257 e. The molecule has 0 unspecified atom stereocenters. The van der Waals surface area contributed by atoms with Crippen molar-refractivity contribution in [1.82, 2.24) is 25.1 Å². The van der Waals surface area contributed by atoms with E-state index in [2.05, 4.69) is 27.1 Å². The third kappa shape index (κ3) is 4.04. The molecule has 0 radical (unpaired) electrons. The largest absolute Gasteiger partial charge is 0.338 e. The van der Waals surface area contributed by atoms with Crippen LogP contribution in [0.1, 0.15) is 53.8 Å². The predicted octanol–water partition coefficient (Wildman–Crippen LogP) is 3.98. The third-order valence-corrected chi connectivity index (χ3v) is 5.45. The third-order valence-electron chi connectivity index (χ3n) is 5.45. The van der Waals surface area contributed by atoms with Gasteiger partial charge in [0.25, 0.3) is 5.91 Å². The van der Waals surface area contributed by atoms with E-state index in [4.69, 9.17) is 0 Å². The quantitative estimate of drug-likeness (QED) is 0.712. The molecule has 7 heteroatoms. The van der Waals surface area contributed by atoms with Gasteiger partial charge in [0, 0.05) is 36.5 Å². The van der Waals surface area contributed by atoms with E-state index in [0.717, 1.165) is 54.7 Å². The molecule has 1 aliphatic heterocycles. The van der Waals surface area contributed by atoms with Gasteiger partial charge in [-0.1, -0.05) is 25.5 Å². The van der Waals surface area contributed by atoms with Crippen LogP contribution in [-0.4, -0.2) is 44.1 Å². The molecule has 0 spiro atoms. The molecular formula is C22H24FN5O. The van der Waals surface area contributed by atoms with E-state index < -0.39 is 0 Å². The second kappa shape index (κ2) is 8.51. The van der Waals surface area contributed by atoms with Crippen LogP contribution < -0.4 is 0 Å². The van der Waals surface area contributed by atoms with Crippen molar-refractivity contribution in [2.24, 2.45) is 0 Å². The van der Waals surface area contributed by atoms with Crippen LogP contribution in [0.4, 0.5) is 4.39 Å². The Balaban J connectivity index is 1.56. The molecule has 1 atom stereocenters. The lowest BCUT2D eigenvalue weighted by Gasteiger charge is -2.33. The number of amides is 1. The number of aryl methyl sites for hydroxylation is 1. The van der Waals surface area contributed by atoms with Crippen molar-refractivity contribution in [3.8, 4) is 11.1 Å². The number of H-pyrrole nitrogens is 1. The Morgan fingerprint density at radius 1 is 1.28 bits per heavy atom. The highest BCUT2D eigenvalue weighted by Crippen LogP contribution is 2.33. The van der Waals surface area contributed by atoms with E-state index in [-0.39, 0.29) is 17.6 Å². The predicted molar refractivity (Wildman–Crippen MR) is 108 cm³/mol. The van der Waals surface area contributed by atoms with Crippen molar-refractivity contribution in [2.45, 2.75) is 38.5 Å². The molecule has 3 heterocycles. The lowest BCUT2D eigenvalue weighted by Crippen LogP contribution is -2.39. The van der Waals surface area contributed by atoms with Gasteiger partial charge in [0.1, 0.15) is 12.1 Å². The molecule has 0 saturated carbocycles. The zero-order valence-corrected chi connectivity index (χ0v) is 16.4. The molecule has 4 rings (SSSR count). The SMILES string of the molecule is CCCc1ncncc1C(=O)N1CCC[C@@H](c2[nH]ncc2-c2ccc(F)cc2)C1. The second-order valence-electron chi connectivity index (χ2n) is 7.43. The molecule has 1 aliphatic rings. The first-order valence-corrected chi connectivity index (χ1v) is 10.0. The van der Waals surface area contributed by atoms with Crippen LogP contribution in [0.15, 0.2) is 43.0 Å². The van der Waals surface area contributed by atoms with Crippen LogP contribution in [0.5, 0.6) is 0 Å². The number of benzene rings is 1. The minimum absolute atomic E-state index is 0.0124. The van der Waals surface area contributed by atoms with Crippen LogP contribution in [0.3, 0.4) is 0 Å². The number of hydrogen-bond acceptors (Lipinski definition) is 4. The number of rotatable bonds is 5. The molecule has 1 saturated heterocycles. The van der Waals surface area contributed by atoms with E-state index in [1.54, 1.807) is 24.5 Å². The Morgan fingerprint density at radius 3 is 2.90 bits per heavy atom. The Bertz CT molecular complexity index is 985. The maximum atomic E-state index is 13.3. The molecule has 1 fully saturated rings. The number of aromatic amines is 1. The average molecular weight is 393 g/mol. The number of halogens is 1. The summed E-state index contributed by atoms with van der Waals surface area (Å²) in [6, 6.07) is 6.42. The van der Waals surface area contributed by atoms with E-state index in [9.17, 15) is 9.18 Å². The molecule has 29 heavy (non-hydrogen) atoms. The highest BCUT2D eigenvalue weighted by molar-refractivity contribution is 5.95. The number of carbonyl (C=O) groups excluding carboxylic acids is 1. The summed E-state index contributed by atoms with van der Waals surface area (Å²) >= 11 is 0. The number of carbonyl (C=O) groups is 1. The number of nitrogens with zero attached hydrogens (tertiary/aromatic N) is 4. The smallest absolute Gasteiger partial charge is 0.257 e. The van der Waals surface area contributed by atoms with Crippen LogP contribution in [0.2, 0.25) is 0 Å². The van der Waals surface area contributed by atoms with Crippen LogP contribution >= 0.6 is 0 Å². The van der Waals surface area contributed by atoms with Crippen molar-refractivity contribution < 1.29 is 9.18 Å². The molecule has 0 bridgehead atoms. The first-order valence-electron chi connectivity index (χ1n) is 10.0. The zero-order chi connectivity index (χ0) is 20.2. The van der Waals surface area contributed by atoms with Gasteiger partial charge in [-0.3, -0.25) is 9.89 Å². The molecule has 3 aromatic rings. The lowest BCUT2D eigenvalue weighted by atomic mass is 9.90. The number of piperidine rings is 1. The molecule has 6 nitrogen and oxygen atoms in total.